The Labute approximate surface area is 184 Å². The van der Waals surface area contributed by atoms with Crippen LogP contribution in [0, 0.1) is 0 Å². The van der Waals surface area contributed by atoms with Crippen LogP contribution in [0.15, 0.2) is 17.3 Å². The van der Waals surface area contributed by atoms with Gasteiger partial charge in [0.2, 0.25) is 0 Å². The molecule has 0 aromatic heterocycles. The van der Waals surface area contributed by atoms with E-state index >= 15 is 0 Å². The molecule has 0 spiro atoms. The van der Waals surface area contributed by atoms with Crippen molar-refractivity contribution in [3.8, 4) is 5.75 Å². The van der Waals surface area contributed by atoms with E-state index in [9.17, 15) is 0 Å². The van der Waals surface area contributed by atoms with Crippen LogP contribution in [0.2, 0.25) is 26.2 Å². The number of nitrogens with one attached hydrogen (secondary N) is 1. The second-order valence-corrected chi connectivity index (χ2v) is 17.8. The zero-order valence-electron chi connectivity index (χ0n) is 16.8. The van der Waals surface area contributed by atoms with Crippen LogP contribution in [-0.4, -0.2) is 29.3 Å². The number of hydrogen-bond donors (Lipinski definition) is 1. The first kappa shape index (κ1) is 24.3. The average molecular weight is 465 g/mol. The van der Waals surface area contributed by atoms with Crippen molar-refractivity contribution in [1.29, 1.82) is 0 Å². The monoisotopic (exact) mass is 464 g/mol. The summed E-state index contributed by atoms with van der Waals surface area (Å²) in [5.41, 5.74) is 3.96. The van der Waals surface area contributed by atoms with Crippen LogP contribution in [0.5, 0.6) is 5.75 Å². The molecule has 1 aliphatic heterocycles. The Morgan fingerprint density at radius 3 is 2.19 bits per heavy atom. The predicted octanol–water partition coefficient (Wildman–Crippen LogP) is -1.21. The van der Waals surface area contributed by atoms with Gasteiger partial charge in [-0.2, -0.15) is 0 Å². The molecule has 2 unspecified atom stereocenters. The van der Waals surface area contributed by atoms with Gasteiger partial charge in [-0.25, -0.2) is 0 Å². The molecule has 2 aliphatic rings. The van der Waals surface area contributed by atoms with Crippen LogP contribution < -0.4 is 34.6 Å². The average Bonchev–Trinajstić information content (AvgIpc) is 2.89. The molecule has 1 aromatic carbocycles. The van der Waals surface area contributed by atoms with Gasteiger partial charge in [0.25, 0.3) is 0 Å². The first-order valence-corrected chi connectivity index (χ1v) is 15.3. The molecule has 1 aliphatic carbocycles. The molecular weight excluding hydrogens is 437 g/mol. The Morgan fingerprint density at radius 2 is 1.73 bits per heavy atom. The second-order valence-electron chi connectivity index (χ2n) is 8.95. The molecule has 1 heterocycles. The summed E-state index contributed by atoms with van der Waals surface area (Å²) in [4.78, 5) is 0. The largest absolute Gasteiger partial charge is 1.00 e. The van der Waals surface area contributed by atoms with Crippen LogP contribution in [-0.2, 0) is 24.9 Å². The Hall–Kier alpha value is 0.248. The van der Waals surface area contributed by atoms with E-state index in [0.29, 0.717) is 4.22 Å². The van der Waals surface area contributed by atoms with Crippen molar-refractivity contribution in [2.24, 2.45) is 0 Å². The summed E-state index contributed by atoms with van der Waals surface area (Å²) in [6.45, 7) is 15.7. The fourth-order valence-electron chi connectivity index (χ4n) is 3.57. The molecule has 2 atom stereocenters. The van der Waals surface area contributed by atoms with Crippen molar-refractivity contribution in [2.45, 2.75) is 56.7 Å². The van der Waals surface area contributed by atoms with Crippen LogP contribution in [0.25, 0.3) is 5.20 Å². The van der Waals surface area contributed by atoms with Gasteiger partial charge >= 0.3 is 160 Å². The van der Waals surface area contributed by atoms with Crippen molar-refractivity contribution in [1.82, 2.24) is 0 Å². The van der Waals surface area contributed by atoms with Gasteiger partial charge in [0.15, 0.2) is 0 Å². The summed E-state index contributed by atoms with van der Waals surface area (Å²) in [5.74, 6) is 1.00. The van der Waals surface area contributed by atoms with Crippen molar-refractivity contribution < 1.29 is 54.1 Å². The molecule has 0 bridgehead atoms. The van der Waals surface area contributed by atoms with Gasteiger partial charge < -0.3 is 24.8 Å². The van der Waals surface area contributed by atoms with Gasteiger partial charge in [0, 0.05) is 0 Å². The van der Waals surface area contributed by atoms with E-state index in [4.69, 9.17) is 8.85 Å². The summed E-state index contributed by atoms with van der Waals surface area (Å²) in [6.07, 6.45) is 0. The first-order chi connectivity index (χ1) is 10.9. The minimum atomic E-state index is -1.78. The van der Waals surface area contributed by atoms with E-state index in [2.05, 4.69) is 84.8 Å². The van der Waals surface area contributed by atoms with E-state index in [1.54, 1.807) is 5.20 Å². The Morgan fingerprint density at radius 1 is 1.15 bits per heavy atom. The predicted molar refractivity (Wildman–Crippen MR) is 102 cm³/mol. The summed E-state index contributed by atoms with van der Waals surface area (Å²) in [7, 11) is -1.59. The number of hydrogen-bond acceptors (Lipinski definition) is 3. The fourth-order valence-corrected chi connectivity index (χ4v) is 9.95. The van der Waals surface area contributed by atoms with Crippen LogP contribution in [0.3, 0.4) is 0 Å². The van der Waals surface area contributed by atoms with Crippen molar-refractivity contribution in [3.63, 3.8) is 0 Å². The topological polar surface area (TPSA) is 30.5 Å². The molecule has 1 aromatic rings. The van der Waals surface area contributed by atoms with Gasteiger partial charge in [0.05, 0.1) is 0 Å². The third-order valence-electron chi connectivity index (χ3n) is 4.57. The maximum absolute atomic E-state index is 6.44. The van der Waals surface area contributed by atoms with Crippen molar-refractivity contribution >= 4 is 27.5 Å². The molecule has 0 amide bonds. The number of rotatable bonds is 4. The number of benzene rings is 1. The molecule has 3 nitrogen and oxygen atoms in total. The van der Waals surface area contributed by atoms with E-state index in [0.717, 1.165) is 5.75 Å². The van der Waals surface area contributed by atoms with Gasteiger partial charge in [-0.05, 0) is 0 Å². The Bertz CT molecular complexity index is 744. The van der Waals surface area contributed by atoms with Gasteiger partial charge in [-0.1, -0.05) is 0 Å². The standard InChI is InChI=1S/C18H28NO2Si2.2ClH.Ti/c1-18(2,3)19-16-13(21-22(5,6)7)10-9-12-11-14-17(15(12)16)23(14,8)20-4;;;/h9-11,19H,1-8H3;2*1H;/q;;;+2/p-2. The number of fused-ring (bicyclic) bond motifs is 2. The van der Waals surface area contributed by atoms with E-state index < -0.39 is 16.6 Å². The Kier molecular flexibility index (Phi) is 7.08. The first-order valence-electron chi connectivity index (χ1n) is 8.55. The van der Waals surface area contributed by atoms with Gasteiger partial charge in [-0.3, -0.25) is 0 Å². The molecule has 1 N–H and O–H groups in total. The molecule has 26 heavy (non-hydrogen) atoms. The van der Waals surface area contributed by atoms with Gasteiger partial charge in [-0.15, -0.1) is 0 Å². The minimum absolute atomic E-state index is 0. The number of anilines is 1. The number of allylic oxidation sites excluding steroid dienone is 1. The molecule has 0 radical (unpaired) electrons. The summed E-state index contributed by atoms with van der Waals surface area (Å²) in [6, 6.07) is 4.43. The maximum atomic E-state index is 6.44. The summed E-state index contributed by atoms with van der Waals surface area (Å²) >= 11 is 2.32. The third-order valence-corrected chi connectivity index (χ3v) is 10.4. The van der Waals surface area contributed by atoms with E-state index in [1.165, 1.54) is 22.0 Å². The molecule has 0 fully saturated rings. The van der Waals surface area contributed by atoms with Crippen LogP contribution in [0.4, 0.5) is 5.69 Å². The normalized spacial score (nSPS) is 23.5. The SMILES string of the molecule is CO[Si]1(C)C2=C1[CH]([Ti+2])c1ccc(O[Si](C)(C)C)c(NC(C)(C)C)c12.[Cl-].[Cl-]. The third kappa shape index (κ3) is 4.14. The summed E-state index contributed by atoms with van der Waals surface area (Å²) < 4.78 is 12.9. The van der Waals surface area contributed by atoms with Crippen molar-refractivity contribution in [3.05, 3.63) is 28.5 Å². The fraction of sp³-hybridized carbons (Fsp3) is 0.556. The molecule has 143 valence electrons. The zero-order valence-corrected chi connectivity index (χ0v) is 21.9. The van der Waals surface area contributed by atoms with E-state index in [-0.39, 0.29) is 30.4 Å². The molecule has 0 saturated heterocycles. The quantitative estimate of drug-likeness (QED) is 0.567. The molecule has 3 rings (SSSR count). The second kappa shape index (κ2) is 7.58. The van der Waals surface area contributed by atoms with Crippen LogP contribution >= 0.6 is 0 Å². The van der Waals surface area contributed by atoms with Crippen LogP contribution in [0.1, 0.15) is 36.1 Å². The smallest absolute Gasteiger partial charge is 1.00 e. The molecular formula is C18H28Cl2NO2Si2Ti. The van der Waals surface area contributed by atoms with Crippen molar-refractivity contribution in [2.75, 3.05) is 12.4 Å². The van der Waals surface area contributed by atoms with E-state index in [1.807, 2.05) is 7.11 Å². The molecule has 0 saturated carbocycles. The minimum Gasteiger partial charge on any atom is -1.00 e. The maximum Gasteiger partial charge on any atom is -1.00 e. The summed E-state index contributed by atoms with van der Waals surface area (Å²) in [5, 5.41) is 6.81. The Balaban J connectivity index is 0.00000169. The van der Waals surface area contributed by atoms with Gasteiger partial charge in [0.1, 0.15) is 0 Å². The zero-order chi connectivity index (χ0) is 18.1. The number of halogens is 2. The molecule has 8 heteroatoms.